The number of rotatable bonds is 3. The van der Waals surface area contributed by atoms with Crippen LogP contribution in [0.5, 0.6) is 0 Å². The molecule has 0 fully saturated rings. The number of benzene rings is 1. The van der Waals surface area contributed by atoms with Gasteiger partial charge in [0.1, 0.15) is 11.3 Å². The van der Waals surface area contributed by atoms with E-state index in [9.17, 15) is 0 Å². The molecule has 4 heterocycles. The predicted molar refractivity (Wildman–Crippen MR) is 111 cm³/mol. The summed E-state index contributed by atoms with van der Waals surface area (Å²) in [5, 5.41) is 6.53. The first kappa shape index (κ1) is 15.6. The lowest BCUT2D eigenvalue weighted by Gasteiger charge is -2.14. The Morgan fingerprint density at radius 2 is 1.59 bits per heavy atom. The quantitative estimate of drug-likeness (QED) is 0.500. The minimum atomic E-state index is 0.808. The molecule has 0 saturated heterocycles. The summed E-state index contributed by atoms with van der Waals surface area (Å²) in [5.41, 5.74) is 5.04. The number of pyridine rings is 3. The topological polar surface area (TPSA) is 69.7 Å². The lowest BCUT2D eigenvalue weighted by molar-refractivity contribution is 1.13. The van der Waals surface area contributed by atoms with Gasteiger partial charge < -0.3 is 15.2 Å². The van der Waals surface area contributed by atoms with Crippen molar-refractivity contribution in [1.82, 2.24) is 19.9 Å². The Morgan fingerprint density at radius 3 is 2.37 bits per heavy atom. The van der Waals surface area contributed by atoms with E-state index in [1.165, 1.54) is 0 Å². The van der Waals surface area contributed by atoms with E-state index in [2.05, 4.69) is 49.4 Å². The van der Waals surface area contributed by atoms with Gasteiger partial charge in [-0.25, -0.2) is 4.98 Å². The third kappa shape index (κ3) is 2.54. The summed E-state index contributed by atoms with van der Waals surface area (Å²) in [6.07, 6.45) is 7.30. The maximum absolute atomic E-state index is 4.92. The van der Waals surface area contributed by atoms with E-state index in [-0.39, 0.29) is 0 Å². The molecule has 6 heteroatoms. The number of hydrogen-bond acceptors (Lipinski definition) is 5. The highest BCUT2D eigenvalue weighted by molar-refractivity contribution is 6.17. The molecule has 0 saturated carbocycles. The Kier molecular flexibility index (Phi) is 3.43. The Bertz CT molecular complexity index is 1270. The molecule has 2 N–H and O–H groups in total. The van der Waals surface area contributed by atoms with Crippen molar-refractivity contribution >= 4 is 49.9 Å². The van der Waals surface area contributed by atoms with Crippen molar-refractivity contribution in [3.8, 4) is 0 Å². The van der Waals surface area contributed by atoms with Gasteiger partial charge in [0.2, 0.25) is 0 Å². The van der Waals surface area contributed by atoms with Crippen LogP contribution in [0.25, 0.3) is 32.7 Å². The molecule has 5 rings (SSSR count). The molecule has 6 nitrogen and oxygen atoms in total. The molecular weight excluding hydrogens is 336 g/mol. The van der Waals surface area contributed by atoms with Crippen LogP contribution >= 0.6 is 0 Å². The molecule has 0 spiro atoms. The minimum absolute atomic E-state index is 0.808. The van der Waals surface area contributed by atoms with Crippen molar-refractivity contribution in [3.05, 3.63) is 61.2 Å². The summed E-state index contributed by atoms with van der Waals surface area (Å²) in [6.45, 7) is 0. The molecule has 0 unspecified atom stereocenters. The fourth-order valence-corrected chi connectivity index (χ4v) is 3.38. The zero-order chi connectivity index (χ0) is 18.4. The van der Waals surface area contributed by atoms with Gasteiger partial charge in [0.15, 0.2) is 0 Å². The summed E-state index contributed by atoms with van der Waals surface area (Å²) in [5.74, 6) is 0.808. The second-order valence-electron chi connectivity index (χ2n) is 6.72. The molecule has 0 radical (unpaired) electrons. The number of fused-ring (bicyclic) bond motifs is 5. The van der Waals surface area contributed by atoms with Gasteiger partial charge in [0.25, 0.3) is 0 Å². The van der Waals surface area contributed by atoms with Crippen LogP contribution in [-0.4, -0.2) is 34.0 Å². The highest BCUT2D eigenvalue weighted by Gasteiger charge is 2.13. The third-order valence-electron chi connectivity index (χ3n) is 4.79. The van der Waals surface area contributed by atoms with E-state index in [4.69, 9.17) is 4.98 Å². The summed E-state index contributed by atoms with van der Waals surface area (Å²) >= 11 is 0. The zero-order valence-corrected chi connectivity index (χ0v) is 15.1. The van der Waals surface area contributed by atoms with Gasteiger partial charge in [0.05, 0.1) is 11.0 Å². The molecule has 1 aromatic carbocycles. The lowest BCUT2D eigenvalue weighted by Crippen LogP contribution is -2.08. The van der Waals surface area contributed by atoms with Gasteiger partial charge in [-0.3, -0.25) is 9.97 Å². The van der Waals surface area contributed by atoms with Crippen molar-refractivity contribution in [2.24, 2.45) is 0 Å². The van der Waals surface area contributed by atoms with Crippen LogP contribution in [-0.2, 0) is 0 Å². The average molecular weight is 354 g/mol. The predicted octanol–water partition coefficient (Wildman–Crippen LogP) is 4.47. The molecule has 0 aliphatic carbocycles. The Morgan fingerprint density at radius 1 is 0.852 bits per heavy atom. The number of aromatic nitrogens is 4. The largest absolute Gasteiger partial charge is 0.378 e. The molecular formula is C21H18N6. The molecule has 27 heavy (non-hydrogen) atoms. The maximum Gasteiger partial charge on any atom is 0.139 e. The molecule has 0 amide bonds. The number of anilines is 3. The van der Waals surface area contributed by atoms with E-state index >= 15 is 0 Å². The summed E-state index contributed by atoms with van der Waals surface area (Å²) in [4.78, 5) is 19.0. The molecule has 0 atom stereocenters. The van der Waals surface area contributed by atoms with Crippen molar-refractivity contribution in [1.29, 1.82) is 0 Å². The first-order chi connectivity index (χ1) is 13.2. The normalized spacial score (nSPS) is 11.3. The van der Waals surface area contributed by atoms with E-state index < -0.39 is 0 Å². The minimum Gasteiger partial charge on any atom is -0.378 e. The highest BCUT2D eigenvalue weighted by Crippen LogP contribution is 2.33. The Balaban J connectivity index is 1.71. The maximum atomic E-state index is 4.92. The smallest absolute Gasteiger partial charge is 0.139 e. The first-order valence-corrected chi connectivity index (χ1v) is 8.74. The van der Waals surface area contributed by atoms with Crippen LogP contribution < -0.4 is 10.2 Å². The van der Waals surface area contributed by atoms with Crippen LogP contribution in [0.2, 0.25) is 0 Å². The highest BCUT2D eigenvalue weighted by atomic mass is 15.1. The number of nitrogens with zero attached hydrogens (tertiary/aromatic N) is 4. The second kappa shape index (κ2) is 5.95. The van der Waals surface area contributed by atoms with Crippen molar-refractivity contribution < 1.29 is 0 Å². The average Bonchev–Trinajstić information content (AvgIpc) is 3.07. The standard InChI is InChI=1S/C21H18N6/c1-27(2)14-5-3-13(4-6-14)24-21-15-7-9-22-11-16(15)19-20(26-21)17-12-23-10-8-18(17)25-19/h3-12,25H,1-2H3,(H,24,26). The van der Waals surface area contributed by atoms with Crippen LogP contribution in [0.4, 0.5) is 17.2 Å². The van der Waals surface area contributed by atoms with Gasteiger partial charge in [-0.1, -0.05) is 0 Å². The van der Waals surface area contributed by atoms with Crippen LogP contribution in [0, 0.1) is 0 Å². The van der Waals surface area contributed by atoms with E-state index in [0.717, 1.165) is 49.9 Å². The lowest BCUT2D eigenvalue weighted by atomic mass is 10.1. The SMILES string of the molecule is CN(C)c1ccc(Nc2nc3c4cnccc4[nH]c3c3cnccc23)cc1. The summed E-state index contributed by atoms with van der Waals surface area (Å²) in [7, 11) is 4.06. The van der Waals surface area contributed by atoms with Crippen molar-refractivity contribution in [3.63, 3.8) is 0 Å². The zero-order valence-electron chi connectivity index (χ0n) is 15.1. The fraction of sp³-hybridized carbons (Fsp3) is 0.0952. The van der Waals surface area contributed by atoms with E-state index in [1.54, 1.807) is 12.4 Å². The van der Waals surface area contributed by atoms with E-state index in [1.807, 2.05) is 38.6 Å². The summed E-state index contributed by atoms with van der Waals surface area (Å²) in [6, 6.07) is 12.2. The fourth-order valence-electron chi connectivity index (χ4n) is 3.38. The van der Waals surface area contributed by atoms with Crippen molar-refractivity contribution in [2.45, 2.75) is 0 Å². The molecule has 0 aliphatic heterocycles. The Labute approximate surface area is 155 Å². The molecule has 0 bridgehead atoms. The molecule has 4 aromatic heterocycles. The molecule has 5 aromatic rings. The monoisotopic (exact) mass is 354 g/mol. The van der Waals surface area contributed by atoms with Gasteiger partial charge in [-0.2, -0.15) is 0 Å². The van der Waals surface area contributed by atoms with Gasteiger partial charge in [0, 0.05) is 66.4 Å². The van der Waals surface area contributed by atoms with E-state index in [0.29, 0.717) is 0 Å². The van der Waals surface area contributed by atoms with Gasteiger partial charge in [-0.15, -0.1) is 0 Å². The van der Waals surface area contributed by atoms with Crippen LogP contribution in [0.3, 0.4) is 0 Å². The number of aromatic amines is 1. The Hall–Kier alpha value is -3.67. The van der Waals surface area contributed by atoms with Gasteiger partial charge in [-0.05, 0) is 36.4 Å². The first-order valence-electron chi connectivity index (χ1n) is 8.74. The number of hydrogen-bond donors (Lipinski definition) is 2. The number of nitrogens with one attached hydrogen (secondary N) is 2. The number of H-pyrrole nitrogens is 1. The molecule has 0 aliphatic rings. The van der Waals surface area contributed by atoms with Crippen LogP contribution in [0.1, 0.15) is 0 Å². The molecule has 132 valence electrons. The van der Waals surface area contributed by atoms with Crippen molar-refractivity contribution in [2.75, 3.05) is 24.3 Å². The van der Waals surface area contributed by atoms with Crippen LogP contribution in [0.15, 0.2) is 61.2 Å². The third-order valence-corrected chi connectivity index (χ3v) is 4.79. The second-order valence-corrected chi connectivity index (χ2v) is 6.72. The summed E-state index contributed by atoms with van der Waals surface area (Å²) < 4.78 is 0. The van der Waals surface area contributed by atoms with Gasteiger partial charge >= 0.3 is 0 Å².